The van der Waals surface area contributed by atoms with Crippen LogP contribution in [0.25, 0.3) is 5.82 Å². The summed E-state index contributed by atoms with van der Waals surface area (Å²) in [6.45, 7) is 1.87. The van der Waals surface area contributed by atoms with Gasteiger partial charge in [0.25, 0.3) is 0 Å². The molecule has 0 spiro atoms. The molecule has 0 fully saturated rings. The largest absolute Gasteiger partial charge is 0.368 e. The number of nitrogens with zero attached hydrogens (tertiary/aromatic N) is 4. The van der Waals surface area contributed by atoms with Crippen LogP contribution in [-0.4, -0.2) is 19.5 Å². The fraction of sp³-hybridized carbons (Fsp3) is 0.125. The molecule has 2 aromatic heterocycles. The Labute approximate surface area is 86.1 Å². The van der Waals surface area contributed by atoms with Crippen LogP contribution in [0.4, 0.5) is 11.8 Å². The van der Waals surface area contributed by atoms with Crippen LogP contribution >= 0.6 is 0 Å². The van der Waals surface area contributed by atoms with E-state index in [1.54, 1.807) is 23.0 Å². The highest BCUT2D eigenvalue weighted by Crippen LogP contribution is 2.12. The van der Waals surface area contributed by atoms with Crippen molar-refractivity contribution in [3.05, 3.63) is 24.3 Å². The lowest BCUT2D eigenvalue weighted by atomic mass is 10.5. The van der Waals surface area contributed by atoms with Crippen molar-refractivity contribution in [2.45, 2.75) is 6.92 Å². The molecule has 0 saturated carbocycles. The van der Waals surface area contributed by atoms with Gasteiger partial charge in [0.15, 0.2) is 0 Å². The van der Waals surface area contributed by atoms with E-state index in [1.807, 2.05) is 6.92 Å². The highest BCUT2D eigenvalue weighted by Gasteiger charge is 2.05. The Bertz CT molecular complexity index is 476. The maximum Gasteiger partial charge on any atom is 0.224 e. The molecule has 0 bridgehead atoms. The molecule has 15 heavy (non-hydrogen) atoms. The van der Waals surface area contributed by atoms with Gasteiger partial charge in [0.1, 0.15) is 17.5 Å². The number of hydrogen-bond acceptors (Lipinski definition) is 6. The predicted molar refractivity (Wildman–Crippen MR) is 56.1 cm³/mol. The number of hydrazine groups is 1. The second kappa shape index (κ2) is 3.54. The molecule has 0 atom stereocenters. The minimum Gasteiger partial charge on any atom is -0.368 e. The molecule has 2 rings (SSSR count). The first-order chi connectivity index (χ1) is 7.20. The van der Waals surface area contributed by atoms with E-state index in [0.717, 1.165) is 5.82 Å². The van der Waals surface area contributed by atoms with E-state index >= 15 is 0 Å². The van der Waals surface area contributed by atoms with Gasteiger partial charge in [-0.15, -0.1) is 0 Å². The molecule has 0 unspecified atom stereocenters. The number of hydrogen-bond donors (Lipinski definition) is 3. The SMILES string of the molecule is Cc1nccn1-c1cc(NN)nc(N)n1. The van der Waals surface area contributed by atoms with Crippen LogP contribution in [0, 0.1) is 6.92 Å². The summed E-state index contributed by atoms with van der Waals surface area (Å²) in [6, 6.07) is 1.69. The maximum atomic E-state index is 5.54. The Balaban J connectivity index is 2.53. The molecule has 7 nitrogen and oxygen atoms in total. The summed E-state index contributed by atoms with van der Waals surface area (Å²) in [4.78, 5) is 12.1. The molecule has 2 heterocycles. The fourth-order valence-corrected chi connectivity index (χ4v) is 1.27. The van der Waals surface area contributed by atoms with E-state index in [2.05, 4.69) is 20.4 Å². The van der Waals surface area contributed by atoms with E-state index in [0.29, 0.717) is 11.6 Å². The van der Waals surface area contributed by atoms with Crippen molar-refractivity contribution < 1.29 is 0 Å². The zero-order valence-corrected chi connectivity index (χ0v) is 8.18. The average Bonchev–Trinajstić information content (AvgIpc) is 2.63. The Morgan fingerprint density at radius 2 is 2.20 bits per heavy atom. The van der Waals surface area contributed by atoms with Crippen molar-refractivity contribution in [2.24, 2.45) is 5.84 Å². The van der Waals surface area contributed by atoms with Gasteiger partial charge in [-0.3, -0.25) is 4.57 Å². The molecule has 0 aliphatic carbocycles. The van der Waals surface area contributed by atoms with Crippen LogP contribution in [-0.2, 0) is 0 Å². The van der Waals surface area contributed by atoms with Gasteiger partial charge >= 0.3 is 0 Å². The molecule has 5 N–H and O–H groups in total. The average molecular weight is 205 g/mol. The van der Waals surface area contributed by atoms with Crippen LogP contribution in [0.15, 0.2) is 18.5 Å². The Morgan fingerprint density at radius 1 is 1.40 bits per heavy atom. The summed E-state index contributed by atoms with van der Waals surface area (Å²) in [6.07, 6.45) is 3.47. The molecular formula is C8H11N7. The Hall–Kier alpha value is -2.15. The number of nitrogen functional groups attached to an aromatic ring is 2. The minimum atomic E-state index is 0.161. The lowest BCUT2D eigenvalue weighted by molar-refractivity contribution is 0.924. The lowest BCUT2D eigenvalue weighted by Gasteiger charge is -2.06. The van der Waals surface area contributed by atoms with E-state index in [9.17, 15) is 0 Å². The van der Waals surface area contributed by atoms with Crippen LogP contribution in [0.3, 0.4) is 0 Å². The Morgan fingerprint density at radius 3 is 2.80 bits per heavy atom. The first kappa shape index (κ1) is 9.41. The second-order valence-corrected chi connectivity index (χ2v) is 2.96. The normalized spacial score (nSPS) is 10.3. The van der Waals surface area contributed by atoms with Crippen LogP contribution < -0.4 is 17.0 Å². The van der Waals surface area contributed by atoms with Gasteiger partial charge in [0.05, 0.1) is 0 Å². The molecule has 78 valence electrons. The van der Waals surface area contributed by atoms with Gasteiger partial charge in [0, 0.05) is 18.5 Å². The molecule has 0 saturated heterocycles. The Kier molecular flexibility index (Phi) is 2.22. The van der Waals surface area contributed by atoms with E-state index in [-0.39, 0.29) is 5.95 Å². The van der Waals surface area contributed by atoms with Crippen molar-refractivity contribution in [3.8, 4) is 5.82 Å². The number of nitrogens with two attached hydrogens (primary N) is 2. The topological polar surface area (TPSA) is 108 Å². The third-order valence-corrected chi connectivity index (χ3v) is 1.95. The van der Waals surface area contributed by atoms with E-state index in [4.69, 9.17) is 11.6 Å². The summed E-state index contributed by atoms with van der Waals surface area (Å²) >= 11 is 0. The highest BCUT2D eigenvalue weighted by molar-refractivity contribution is 5.45. The predicted octanol–water partition coefficient (Wildman–Crippen LogP) is -0.161. The first-order valence-corrected chi connectivity index (χ1v) is 4.32. The van der Waals surface area contributed by atoms with Crippen molar-refractivity contribution in [1.82, 2.24) is 19.5 Å². The number of aryl methyl sites for hydroxylation is 1. The van der Waals surface area contributed by atoms with E-state index in [1.165, 1.54) is 0 Å². The standard InChI is InChI=1S/C8H11N7/c1-5-11-2-3-15(5)7-4-6(14-10)12-8(9)13-7/h2-4H,10H2,1H3,(H3,9,12,13,14). The molecule has 0 aliphatic rings. The number of anilines is 2. The number of nitrogens with one attached hydrogen (secondary N) is 1. The second-order valence-electron chi connectivity index (χ2n) is 2.96. The van der Waals surface area contributed by atoms with Crippen LogP contribution in [0.1, 0.15) is 5.82 Å². The summed E-state index contributed by atoms with van der Waals surface area (Å²) in [5.41, 5.74) is 7.96. The van der Waals surface area contributed by atoms with Crippen molar-refractivity contribution in [3.63, 3.8) is 0 Å². The summed E-state index contributed by atoms with van der Waals surface area (Å²) in [7, 11) is 0. The number of aromatic nitrogens is 4. The minimum absolute atomic E-state index is 0.161. The van der Waals surface area contributed by atoms with E-state index < -0.39 is 0 Å². The monoisotopic (exact) mass is 205 g/mol. The van der Waals surface area contributed by atoms with Gasteiger partial charge in [-0.05, 0) is 6.92 Å². The van der Waals surface area contributed by atoms with Gasteiger partial charge in [0.2, 0.25) is 5.95 Å². The zero-order chi connectivity index (χ0) is 10.8. The van der Waals surface area contributed by atoms with Gasteiger partial charge < -0.3 is 11.2 Å². The van der Waals surface area contributed by atoms with Crippen molar-refractivity contribution in [1.29, 1.82) is 0 Å². The van der Waals surface area contributed by atoms with Gasteiger partial charge in [-0.2, -0.15) is 9.97 Å². The number of imidazole rings is 1. The molecule has 2 aromatic rings. The molecular weight excluding hydrogens is 194 g/mol. The summed E-state index contributed by atoms with van der Waals surface area (Å²) < 4.78 is 1.79. The third kappa shape index (κ3) is 1.72. The fourth-order valence-electron chi connectivity index (χ4n) is 1.27. The summed E-state index contributed by atoms with van der Waals surface area (Å²) in [5.74, 6) is 7.33. The van der Waals surface area contributed by atoms with Crippen LogP contribution in [0.2, 0.25) is 0 Å². The van der Waals surface area contributed by atoms with Gasteiger partial charge in [-0.1, -0.05) is 0 Å². The molecule has 0 amide bonds. The molecule has 7 heteroatoms. The van der Waals surface area contributed by atoms with Gasteiger partial charge in [-0.25, -0.2) is 10.8 Å². The van der Waals surface area contributed by atoms with Crippen LogP contribution in [0.5, 0.6) is 0 Å². The smallest absolute Gasteiger partial charge is 0.224 e. The summed E-state index contributed by atoms with van der Waals surface area (Å²) in [5, 5.41) is 0. The maximum absolute atomic E-state index is 5.54. The first-order valence-electron chi connectivity index (χ1n) is 4.32. The lowest BCUT2D eigenvalue weighted by Crippen LogP contribution is -2.12. The number of rotatable bonds is 2. The zero-order valence-electron chi connectivity index (χ0n) is 8.18. The third-order valence-electron chi connectivity index (χ3n) is 1.95. The van der Waals surface area contributed by atoms with Crippen molar-refractivity contribution >= 4 is 11.8 Å². The molecule has 0 aliphatic heterocycles. The quantitative estimate of drug-likeness (QED) is 0.464. The highest BCUT2D eigenvalue weighted by atomic mass is 15.3. The van der Waals surface area contributed by atoms with Crippen molar-refractivity contribution in [2.75, 3.05) is 11.2 Å². The molecule has 0 radical (unpaired) electrons. The molecule has 0 aromatic carbocycles.